The molecule has 0 aliphatic rings. The summed E-state index contributed by atoms with van der Waals surface area (Å²) in [6.45, 7) is 0. The number of methoxy groups -OCH3 is 2. The lowest BCUT2D eigenvalue weighted by atomic mass is 10.2. The number of anilines is 1. The Labute approximate surface area is 122 Å². The van der Waals surface area contributed by atoms with E-state index in [0.29, 0.717) is 27.8 Å². The first kappa shape index (κ1) is 14.2. The van der Waals surface area contributed by atoms with E-state index in [-0.39, 0.29) is 5.91 Å². The second-order valence-electron chi connectivity index (χ2n) is 4.06. The topological polar surface area (TPSA) is 47.6 Å². The zero-order chi connectivity index (χ0) is 14.5. The fraction of sp³-hybridized carbons (Fsp3) is 0.133. The largest absolute Gasteiger partial charge is 0.497 e. The molecule has 0 radical (unpaired) electrons. The van der Waals surface area contributed by atoms with E-state index in [0.717, 1.165) is 0 Å². The summed E-state index contributed by atoms with van der Waals surface area (Å²) >= 11 is 5.79. The third-order valence-corrected chi connectivity index (χ3v) is 2.97. The van der Waals surface area contributed by atoms with E-state index in [2.05, 4.69) is 5.32 Å². The molecule has 0 aromatic heterocycles. The van der Waals surface area contributed by atoms with Crippen LogP contribution in [-0.4, -0.2) is 20.1 Å². The van der Waals surface area contributed by atoms with Crippen molar-refractivity contribution in [1.29, 1.82) is 0 Å². The van der Waals surface area contributed by atoms with Gasteiger partial charge in [0.25, 0.3) is 5.91 Å². The van der Waals surface area contributed by atoms with Crippen molar-refractivity contribution in [3.8, 4) is 11.5 Å². The maximum absolute atomic E-state index is 12.1. The molecular formula is C15H14ClNO3. The summed E-state index contributed by atoms with van der Waals surface area (Å²) in [7, 11) is 3.11. The predicted octanol–water partition coefficient (Wildman–Crippen LogP) is 3.61. The number of carbonyl (C=O) groups excluding carboxylic acids is 1. The molecule has 1 amide bonds. The van der Waals surface area contributed by atoms with Gasteiger partial charge in [0.15, 0.2) is 0 Å². The number of hydrogen-bond acceptors (Lipinski definition) is 3. The molecule has 0 saturated carbocycles. The molecule has 0 aliphatic heterocycles. The fourth-order valence-electron chi connectivity index (χ4n) is 1.68. The highest BCUT2D eigenvalue weighted by molar-refractivity contribution is 6.30. The third-order valence-electron chi connectivity index (χ3n) is 2.72. The van der Waals surface area contributed by atoms with E-state index in [1.54, 1.807) is 56.7 Å². The maximum atomic E-state index is 12.1. The molecule has 2 rings (SSSR count). The van der Waals surface area contributed by atoms with Gasteiger partial charge in [-0.25, -0.2) is 0 Å². The summed E-state index contributed by atoms with van der Waals surface area (Å²) in [6, 6.07) is 11.8. The monoisotopic (exact) mass is 291 g/mol. The van der Waals surface area contributed by atoms with Crippen LogP contribution in [0.25, 0.3) is 0 Å². The summed E-state index contributed by atoms with van der Waals surface area (Å²) in [5.74, 6) is 0.989. The molecule has 2 aromatic rings. The summed E-state index contributed by atoms with van der Waals surface area (Å²) in [5, 5.41) is 3.37. The Bertz CT molecular complexity index is 589. The Hall–Kier alpha value is -2.20. The van der Waals surface area contributed by atoms with Crippen molar-refractivity contribution in [2.45, 2.75) is 0 Å². The van der Waals surface area contributed by atoms with Crippen LogP contribution in [0.1, 0.15) is 10.4 Å². The zero-order valence-electron chi connectivity index (χ0n) is 11.1. The smallest absolute Gasteiger partial charge is 0.255 e. The number of rotatable bonds is 4. The molecule has 0 heterocycles. The Balaban J connectivity index is 2.20. The highest BCUT2D eigenvalue weighted by Crippen LogP contribution is 2.26. The highest BCUT2D eigenvalue weighted by Gasteiger charge is 2.08. The molecule has 4 nitrogen and oxygen atoms in total. The van der Waals surface area contributed by atoms with Crippen LogP contribution in [0.2, 0.25) is 5.02 Å². The lowest BCUT2D eigenvalue weighted by Gasteiger charge is -2.10. The van der Waals surface area contributed by atoms with Crippen molar-refractivity contribution >= 4 is 23.2 Å². The predicted molar refractivity (Wildman–Crippen MR) is 79.0 cm³/mol. The average Bonchev–Trinajstić information content (AvgIpc) is 2.47. The van der Waals surface area contributed by atoms with Crippen molar-refractivity contribution in [1.82, 2.24) is 0 Å². The van der Waals surface area contributed by atoms with Crippen LogP contribution in [-0.2, 0) is 0 Å². The first-order valence-corrected chi connectivity index (χ1v) is 6.30. The second-order valence-corrected chi connectivity index (χ2v) is 4.50. The van der Waals surface area contributed by atoms with Crippen LogP contribution in [0.3, 0.4) is 0 Å². The van der Waals surface area contributed by atoms with E-state index in [4.69, 9.17) is 21.1 Å². The van der Waals surface area contributed by atoms with Gasteiger partial charge in [-0.15, -0.1) is 0 Å². The number of hydrogen-bond donors (Lipinski definition) is 1. The SMILES string of the molecule is COc1cc(NC(=O)c2ccc(Cl)cc2)cc(OC)c1. The molecule has 0 fully saturated rings. The Kier molecular flexibility index (Phi) is 4.48. The lowest BCUT2D eigenvalue weighted by molar-refractivity contribution is 0.102. The van der Waals surface area contributed by atoms with Crippen molar-refractivity contribution in [3.63, 3.8) is 0 Å². The van der Waals surface area contributed by atoms with E-state index in [1.807, 2.05) is 0 Å². The van der Waals surface area contributed by atoms with Crippen molar-refractivity contribution < 1.29 is 14.3 Å². The lowest BCUT2D eigenvalue weighted by Crippen LogP contribution is -2.11. The van der Waals surface area contributed by atoms with Crippen LogP contribution in [0, 0.1) is 0 Å². The molecule has 0 spiro atoms. The van der Waals surface area contributed by atoms with Gasteiger partial charge in [0.1, 0.15) is 11.5 Å². The molecule has 0 atom stereocenters. The molecule has 0 saturated heterocycles. The molecular weight excluding hydrogens is 278 g/mol. The van der Waals surface area contributed by atoms with Gasteiger partial charge in [0, 0.05) is 34.5 Å². The number of ether oxygens (including phenoxy) is 2. The maximum Gasteiger partial charge on any atom is 0.255 e. The molecule has 20 heavy (non-hydrogen) atoms. The van der Waals surface area contributed by atoms with Crippen LogP contribution in [0.5, 0.6) is 11.5 Å². The number of halogens is 1. The molecule has 0 bridgehead atoms. The van der Waals surface area contributed by atoms with Crippen LogP contribution >= 0.6 is 11.6 Å². The van der Waals surface area contributed by atoms with Crippen LogP contribution in [0.15, 0.2) is 42.5 Å². The van der Waals surface area contributed by atoms with Gasteiger partial charge in [-0.1, -0.05) is 11.6 Å². The van der Waals surface area contributed by atoms with Gasteiger partial charge >= 0.3 is 0 Å². The molecule has 1 N–H and O–H groups in total. The van der Waals surface area contributed by atoms with Crippen molar-refractivity contribution in [2.75, 3.05) is 19.5 Å². The molecule has 104 valence electrons. The van der Waals surface area contributed by atoms with E-state index < -0.39 is 0 Å². The fourth-order valence-corrected chi connectivity index (χ4v) is 1.81. The summed E-state index contributed by atoms with van der Waals surface area (Å²) in [6.07, 6.45) is 0. The standard InChI is InChI=1S/C15H14ClNO3/c1-19-13-7-12(8-14(9-13)20-2)17-15(18)10-3-5-11(16)6-4-10/h3-9H,1-2H3,(H,17,18). The second kappa shape index (κ2) is 6.30. The van der Waals surface area contributed by atoms with Gasteiger partial charge in [0.2, 0.25) is 0 Å². The Morgan fingerprint density at radius 1 is 1.00 bits per heavy atom. The molecule has 2 aromatic carbocycles. The zero-order valence-corrected chi connectivity index (χ0v) is 11.9. The Morgan fingerprint density at radius 3 is 2.05 bits per heavy atom. The summed E-state index contributed by atoms with van der Waals surface area (Å²) in [5.41, 5.74) is 1.12. The summed E-state index contributed by atoms with van der Waals surface area (Å²) in [4.78, 5) is 12.1. The van der Waals surface area contributed by atoms with Crippen LogP contribution in [0.4, 0.5) is 5.69 Å². The van der Waals surface area contributed by atoms with Gasteiger partial charge in [0.05, 0.1) is 14.2 Å². The number of carbonyl (C=O) groups is 1. The van der Waals surface area contributed by atoms with E-state index in [9.17, 15) is 4.79 Å². The van der Waals surface area contributed by atoms with Crippen molar-refractivity contribution in [3.05, 3.63) is 53.1 Å². The minimum atomic E-state index is -0.225. The van der Waals surface area contributed by atoms with E-state index >= 15 is 0 Å². The van der Waals surface area contributed by atoms with Crippen LogP contribution < -0.4 is 14.8 Å². The number of nitrogens with one attached hydrogen (secondary N) is 1. The van der Waals surface area contributed by atoms with Gasteiger partial charge < -0.3 is 14.8 Å². The van der Waals surface area contributed by atoms with Gasteiger partial charge in [-0.3, -0.25) is 4.79 Å². The molecule has 5 heteroatoms. The summed E-state index contributed by atoms with van der Waals surface area (Å²) < 4.78 is 10.3. The minimum absolute atomic E-state index is 0.225. The Morgan fingerprint density at radius 2 is 1.55 bits per heavy atom. The highest BCUT2D eigenvalue weighted by atomic mass is 35.5. The number of benzene rings is 2. The first-order valence-electron chi connectivity index (χ1n) is 5.92. The molecule has 0 unspecified atom stereocenters. The average molecular weight is 292 g/mol. The third kappa shape index (κ3) is 3.42. The first-order chi connectivity index (χ1) is 9.62. The number of amides is 1. The minimum Gasteiger partial charge on any atom is -0.497 e. The van der Waals surface area contributed by atoms with E-state index in [1.165, 1.54) is 0 Å². The quantitative estimate of drug-likeness (QED) is 0.936. The normalized spacial score (nSPS) is 9.95. The van der Waals surface area contributed by atoms with Gasteiger partial charge in [-0.05, 0) is 24.3 Å². The molecule has 0 aliphatic carbocycles. The van der Waals surface area contributed by atoms with Crippen molar-refractivity contribution in [2.24, 2.45) is 0 Å². The van der Waals surface area contributed by atoms with Gasteiger partial charge in [-0.2, -0.15) is 0 Å².